The summed E-state index contributed by atoms with van der Waals surface area (Å²) in [7, 11) is -7.97. The molecule has 0 atom stereocenters. The maximum Gasteiger partial charge on any atom is 0.269 e. The molecule has 0 spiro atoms. The number of nitrogens with one attached hydrogen (secondary N) is 2. The van der Waals surface area contributed by atoms with E-state index in [1.165, 1.54) is 42.7 Å². The van der Waals surface area contributed by atoms with Crippen LogP contribution < -0.4 is 9.44 Å². The van der Waals surface area contributed by atoms with Crippen molar-refractivity contribution in [3.63, 3.8) is 0 Å². The molecule has 2 N–H and O–H groups in total. The first-order valence-corrected chi connectivity index (χ1v) is 10.8. The van der Waals surface area contributed by atoms with E-state index in [4.69, 9.17) is 0 Å². The average molecular weight is 435 g/mol. The predicted octanol–water partition coefficient (Wildman–Crippen LogP) is 1.99. The monoisotopic (exact) mass is 435 g/mol. The Hall–Kier alpha value is -3.58. The van der Waals surface area contributed by atoms with Crippen molar-refractivity contribution in [3.05, 3.63) is 77.1 Å². The van der Waals surface area contributed by atoms with Crippen molar-refractivity contribution in [3.8, 4) is 0 Å². The van der Waals surface area contributed by atoms with Gasteiger partial charge in [-0.25, -0.2) is 31.5 Å². The molecular formula is C16H13N5O6S2. The highest BCUT2D eigenvalue weighted by Gasteiger charge is 2.18. The molecule has 29 heavy (non-hydrogen) atoms. The highest BCUT2D eigenvalue weighted by Crippen LogP contribution is 2.21. The van der Waals surface area contributed by atoms with Gasteiger partial charge in [0.25, 0.3) is 25.7 Å². The van der Waals surface area contributed by atoms with Crippen molar-refractivity contribution in [2.24, 2.45) is 0 Å². The fourth-order valence-corrected chi connectivity index (χ4v) is 4.21. The fourth-order valence-electron chi connectivity index (χ4n) is 2.19. The second-order valence-electron chi connectivity index (χ2n) is 5.56. The third-order valence-corrected chi connectivity index (χ3v) is 6.31. The van der Waals surface area contributed by atoms with Crippen LogP contribution in [0.2, 0.25) is 0 Å². The Bertz CT molecular complexity index is 1230. The van der Waals surface area contributed by atoms with Gasteiger partial charge in [-0.05, 0) is 42.5 Å². The van der Waals surface area contributed by atoms with Crippen LogP contribution in [0.15, 0.2) is 76.8 Å². The van der Waals surface area contributed by atoms with Crippen molar-refractivity contribution in [2.45, 2.75) is 9.79 Å². The van der Waals surface area contributed by atoms with Crippen LogP contribution in [0.25, 0.3) is 0 Å². The first kappa shape index (κ1) is 20.2. The van der Waals surface area contributed by atoms with E-state index in [1.807, 2.05) is 0 Å². The number of sulfonamides is 2. The number of rotatable bonds is 7. The minimum Gasteiger partial charge on any atom is -0.280 e. The van der Waals surface area contributed by atoms with Crippen LogP contribution in [0, 0.1) is 10.1 Å². The predicted molar refractivity (Wildman–Crippen MR) is 103 cm³/mol. The highest BCUT2D eigenvalue weighted by atomic mass is 32.2. The Morgan fingerprint density at radius 2 is 1.24 bits per heavy atom. The molecule has 3 rings (SSSR count). The molecule has 0 unspecified atom stereocenters. The quantitative estimate of drug-likeness (QED) is 0.420. The standard InChI is InChI=1S/C16H13N5O6S2/c22-21(23)13-4-8-15(9-5-13)28(24,25)19-12-2-6-14(7-3-12)29(26,27)20-16-17-10-1-11-18-16/h1-11,19H,(H,17,18,20). The number of hydrogen-bond acceptors (Lipinski definition) is 8. The number of nitrogens with zero attached hydrogens (tertiary/aromatic N) is 3. The summed E-state index contributed by atoms with van der Waals surface area (Å²) in [6.45, 7) is 0. The Balaban J connectivity index is 1.76. The molecule has 0 aliphatic carbocycles. The number of benzene rings is 2. The van der Waals surface area contributed by atoms with Gasteiger partial charge in [0.05, 0.1) is 14.7 Å². The molecule has 0 aliphatic heterocycles. The van der Waals surface area contributed by atoms with Crippen molar-refractivity contribution in [2.75, 3.05) is 9.44 Å². The molecule has 0 fully saturated rings. The lowest BCUT2D eigenvalue weighted by Crippen LogP contribution is -2.15. The van der Waals surface area contributed by atoms with Gasteiger partial charge in [0.1, 0.15) is 0 Å². The molecule has 0 amide bonds. The lowest BCUT2D eigenvalue weighted by Gasteiger charge is -2.10. The summed E-state index contributed by atoms with van der Waals surface area (Å²) in [6.07, 6.45) is 2.75. The summed E-state index contributed by atoms with van der Waals surface area (Å²) < 4.78 is 53.9. The van der Waals surface area contributed by atoms with Gasteiger partial charge in [-0.15, -0.1) is 0 Å². The van der Waals surface area contributed by atoms with Crippen LogP contribution in [0.4, 0.5) is 17.3 Å². The van der Waals surface area contributed by atoms with Crippen LogP contribution >= 0.6 is 0 Å². The van der Waals surface area contributed by atoms with Gasteiger partial charge in [-0.3, -0.25) is 14.8 Å². The maximum atomic E-state index is 12.4. The summed E-state index contributed by atoms with van der Waals surface area (Å²) in [5.74, 6) is -0.101. The second-order valence-corrected chi connectivity index (χ2v) is 8.92. The maximum absolute atomic E-state index is 12.4. The SMILES string of the molecule is O=[N+]([O-])c1ccc(S(=O)(=O)Nc2ccc(S(=O)(=O)Nc3ncccn3)cc2)cc1. The number of nitro benzene ring substituents is 1. The number of aromatic nitrogens is 2. The van der Waals surface area contributed by atoms with Gasteiger partial charge in [0.2, 0.25) is 5.95 Å². The van der Waals surface area contributed by atoms with Crippen LogP contribution in [0.5, 0.6) is 0 Å². The third kappa shape index (κ3) is 4.83. The Kier molecular flexibility index (Phi) is 5.43. The molecule has 3 aromatic rings. The number of hydrogen-bond donors (Lipinski definition) is 2. The summed E-state index contributed by atoms with van der Waals surface area (Å²) >= 11 is 0. The average Bonchev–Trinajstić information content (AvgIpc) is 2.68. The summed E-state index contributed by atoms with van der Waals surface area (Å²) in [6, 6.07) is 10.8. The number of anilines is 2. The van der Waals surface area contributed by atoms with Crippen LogP contribution in [0.1, 0.15) is 0 Å². The van der Waals surface area contributed by atoms with E-state index in [0.717, 1.165) is 24.3 Å². The van der Waals surface area contributed by atoms with E-state index < -0.39 is 25.0 Å². The minimum absolute atomic E-state index is 0.101. The van der Waals surface area contributed by atoms with E-state index >= 15 is 0 Å². The first-order chi connectivity index (χ1) is 13.7. The molecule has 0 bridgehead atoms. The van der Waals surface area contributed by atoms with Gasteiger partial charge in [0, 0.05) is 30.2 Å². The Labute approximate surface area is 165 Å². The van der Waals surface area contributed by atoms with Gasteiger partial charge in [-0.2, -0.15) is 0 Å². The van der Waals surface area contributed by atoms with Crippen molar-refractivity contribution in [1.29, 1.82) is 0 Å². The molecule has 2 aromatic carbocycles. The van der Waals surface area contributed by atoms with Gasteiger partial charge < -0.3 is 0 Å². The molecule has 0 radical (unpaired) electrons. The van der Waals surface area contributed by atoms with Gasteiger partial charge in [0.15, 0.2) is 0 Å². The molecule has 1 heterocycles. The zero-order chi connectivity index (χ0) is 21.1. The van der Waals surface area contributed by atoms with Crippen molar-refractivity contribution >= 4 is 37.4 Å². The molecular weight excluding hydrogens is 422 g/mol. The van der Waals surface area contributed by atoms with E-state index in [1.54, 1.807) is 0 Å². The van der Waals surface area contributed by atoms with Crippen LogP contribution in [0.3, 0.4) is 0 Å². The topological polar surface area (TPSA) is 161 Å². The highest BCUT2D eigenvalue weighted by molar-refractivity contribution is 7.93. The summed E-state index contributed by atoms with van der Waals surface area (Å²) in [4.78, 5) is 17.3. The fraction of sp³-hybridized carbons (Fsp3) is 0. The smallest absolute Gasteiger partial charge is 0.269 e. The molecule has 11 nitrogen and oxygen atoms in total. The van der Waals surface area contributed by atoms with Crippen LogP contribution in [-0.2, 0) is 20.0 Å². The molecule has 0 saturated carbocycles. The summed E-state index contributed by atoms with van der Waals surface area (Å²) in [5.41, 5.74) is -0.133. The minimum atomic E-state index is -4.01. The largest absolute Gasteiger partial charge is 0.280 e. The van der Waals surface area contributed by atoms with E-state index in [2.05, 4.69) is 19.4 Å². The second kappa shape index (κ2) is 7.81. The molecule has 1 aromatic heterocycles. The zero-order valence-corrected chi connectivity index (χ0v) is 16.1. The van der Waals surface area contributed by atoms with Crippen molar-refractivity contribution < 1.29 is 21.8 Å². The first-order valence-electron chi connectivity index (χ1n) is 7.84. The lowest BCUT2D eigenvalue weighted by atomic mass is 10.3. The van der Waals surface area contributed by atoms with Crippen LogP contribution in [-0.4, -0.2) is 31.7 Å². The van der Waals surface area contributed by atoms with E-state index in [0.29, 0.717) is 0 Å². The van der Waals surface area contributed by atoms with E-state index in [-0.39, 0.29) is 27.1 Å². The third-order valence-electron chi connectivity index (χ3n) is 3.57. The van der Waals surface area contributed by atoms with Gasteiger partial charge in [-0.1, -0.05) is 0 Å². The zero-order valence-electron chi connectivity index (χ0n) is 14.5. The normalized spacial score (nSPS) is 11.6. The van der Waals surface area contributed by atoms with Gasteiger partial charge >= 0.3 is 0 Å². The summed E-state index contributed by atoms with van der Waals surface area (Å²) in [5, 5.41) is 10.7. The molecule has 0 saturated heterocycles. The molecule has 0 aliphatic rings. The Morgan fingerprint density at radius 3 is 1.76 bits per heavy atom. The molecule has 150 valence electrons. The number of non-ortho nitro benzene ring substituents is 1. The number of nitro groups is 1. The lowest BCUT2D eigenvalue weighted by molar-refractivity contribution is -0.384. The van der Waals surface area contributed by atoms with E-state index in [9.17, 15) is 26.9 Å². The van der Waals surface area contributed by atoms with Crippen molar-refractivity contribution in [1.82, 2.24) is 9.97 Å². The molecule has 13 heteroatoms. The Morgan fingerprint density at radius 1 is 0.759 bits per heavy atom.